The van der Waals surface area contributed by atoms with Crippen molar-refractivity contribution in [2.45, 2.75) is 316 Å². The molecule has 0 heterocycles. The zero-order valence-electron chi connectivity index (χ0n) is 43.1. The second-order valence-electron chi connectivity index (χ2n) is 19.2. The first-order chi connectivity index (χ1) is 31.5. The van der Waals surface area contributed by atoms with Crippen molar-refractivity contribution >= 4 is 17.9 Å². The van der Waals surface area contributed by atoms with Crippen LogP contribution in [0.5, 0.6) is 0 Å². The van der Waals surface area contributed by atoms with Crippen LogP contribution in [0.4, 0.5) is 0 Å². The lowest BCUT2D eigenvalue weighted by Crippen LogP contribution is -2.30. The Morgan fingerprint density at radius 1 is 0.312 bits per heavy atom. The molecule has 0 bridgehead atoms. The van der Waals surface area contributed by atoms with Crippen molar-refractivity contribution in [1.29, 1.82) is 0 Å². The van der Waals surface area contributed by atoms with E-state index in [1.807, 2.05) is 0 Å². The van der Waals surface area contributed by atoms with Gasteiger partial charge in [-0.2, -0.15) is 0 Å². The van der Waals surface area contributed by atoms with Crippen LogP contribution in [0.25, 0.3) is 0 Å². The highest BCUT2D eigenvalue weighted by Crippen LogP contribution is 2.17. The first-order valence-electron chi connectivity index (χ1n) is 28.3. The molecule has 1 atom stereocenters. The molecule has 6 nitrogen and oxygen atoms in total. The quantitative estimate of drug-likeness (QED) is 0.0262. The summed E-state index contributed by atoms with van der Waals surface area (Å²) in [4.78, 5) is 38.1. The van der Waals surface area contributed by atoms with E-state index in [1.54, 1.807) is 0 Å². The van der Waals surface area contributed by atoms with Crippen molar-refractivity contribution in [2.24, 2.45) is 0 Å². The van der Waals surface area contributed by atoms with Crippen molar-refractivity contribution in [3.05, 3.63) is 24.3 Å². The number of carbonyl (C=O) groups excluding carboxylic acids is 3. The maximum absolute atomic E-state index is 12.8. The van der Waals surface area contributed by atoms with Gasteiger partial charge < -0.3 is 14.2 Å². The van der Waals surface area contributed by atoms with Gasteiger partial charge in [0, 0.05) is 19.3 Å². The summed E-state index contributed by atoms with van der Waals surface area (Å²) in [6.45, 7) is 6.66. The predicted molar refractivity (Wildman–Crippen MR) is 275 cm³/mol. The van der Waals surface area contributed by atoms with Gasteiger partial charge in [0.15, 0.2) is 6.10 Å². The van der Waals surface area contributed by atoms with Gasteiger partial charge in [-0.15, -0.1) is 0 Å². The fourth-order valence-corrected chi connectivity index (χ4v) is 8.42. The number of hydrogen-bond acceptors (Lipinski definition) is 6. The lowest BCUT2D eigenvalue weighted by molar-refractivity contribution is -0.167. The standard InChI is InChI=1S/C58H108O6/c1-4-7-10-13-16-19-22-25-27-28-29-31-33-36-39-42-45-48-51-57(60)63-54-55(53-62-56(59)50-47-44-41-38-35-32-24-21-18-15-12-9-6-3)64-58(61)52-49-46-43-40-37-34-30-26-23-20-17-14-11-8-5-2/h19,22,27-28,55H,4-18,20-21,23-26,29-54H2,1-3H3/b22-19-,28-27-. The van der Waals surface area contributed by atoms with Crippen LogP contribution in [0.1, 0.15) is 310 Å². The highest BCUT2D eigenvalue weighted by molar-refractivity contribution is 5.71. The van der Waals surface area contributed by atoms with Crippen LogP contribution in [0.15, 0.2) is 24.3 Å². The molecule has 0 saturated heterocycles. The van der Waals surface area contributed by atoms with Crippen LogP contribution in [-0.4, -0.2) is 37.2 Å². The van der Waals surface area contributed by atoms with Crippen LogP contribution >= 0.6 is 0 Å². The fraction of sp³-hybridized carbons (Fsp3) is 0.879. The van der Waals surface area contributed by atoms with Crippen molar-refractivity contribution < 1.29 is 28.6 Å². The third-order valence-corrected chi connectivity index (χ3v) is 12.7. The summed E-state index contributed by atoms with van der Waals surface area (Å²) >= 11 is 0. The normalized spacial score (nSPS) is 12.1. The summed E-state index contributed by atoms with van der Waals surface area (Å²) in [5, 5.41) is 0. The molecule has 0 fully saturated rings. The minimum absolute atomic E-state index is 0.0683. The van der Waals surface area contributed by atoms with Gasteiger partial charge in [-0.25, -0.2) is 0 Å². The topological polar surface area (TPSA) is 78.9 Å². The Kier molecular flexibility index (Phi) is 51.7. The van der Waals surface area contributed by atoms with E-state index in [9.17, 15) is 14.4 Å². The third kappa shape index (κ3) is 50.9. The van der Waals surface area contributed by atoms with Crippen molar-refractivity contribution in [3.8, 4) is 0 Å². The first-order valence-corrected chi connectivity index (χ1v) is 28.3. The van der Waals surface area contributed by atoms with Gasteiger partial charge >= 0.3 is 17.9 Å². The number of unbranched alkanes of at least 4 members (excludes halogenated alkanes) is 37. The Hall–Kier alpha value is -2.11. The van der Waals surface area contributed by atoms with Gasteiger partial charge in [0.1, 0.15) is 13.2 Å². The Morgan fingerprint density at radius 2 is 0.562 bits per heavy atom. The molecule has 0 aromatic heterocycles. The molecule has 0 aliphatic heterocycles. The Bertz CT molecular complexity index is 1040. The molecule has 0 aliphatic rings. The lowest BCUT2D eigenvalue weighted by atomic mass is 10.0. The number of carbonyl (C=O) groups is 3. The molecule has 0 aromatic rings. The van der Waals surface area contributed by atoms with E-state index in [-0.39, 0.29) is 31.1 Å². The van der Waals surface area contributed by atoms with Crippen LogP contribution < -0.4 is 0 Å². The van der Waals surface area contributed by atoms with Gasteiger partial charge in [-0.3, -0.25) is 14.4 Å². The van der Waals surface area contributed by atoms with Gasteiger partial charge in [-0.05, 0) is 51.4 Å². The number of hydrogen-bond donors (Lipinski definition) is 0. The average molecular weight is 901 g/mol. The molecule has 0 aromatic carbocycles. The number of ether oxygens (including phenoxy) is 3. The number of rotatable bonds is 52. The second-order valence-corrected chi connectivity index (χ2v) is 19.2. The summed E-state index contributed by atoms with van der Waals surface area (Å²) in [6, 6.07) is 0. The molecule has 0 amide bonds. The maximum atomic E-state index is 12.8. The molecular weight excluding hydrogens is 793 g/mol. The van der Waals surface area contributed by atoms with E-state index in [1.165, 1.54) is 199 Å². The van der Waals surface area contributed by atoms with Crippen molar-refractivity contribution in [1.82, 2.24) is 0 Å². The number of allylic oxidation sites excluding steroid dienone is 4. The monoisotopic (exact) mass is 901 g/mol. The highest BCUT2D eigenvalue weighted by Gasteiger charge is 2.19. The summed E-state index contributed by atoms with van der Waals surface area (Å²) in [5.74, 6) is -0.856. The average Bonchev–Trinajstić information content (AvgIpc) is 3.29. The summed E-state index contributed by atoms with van der Waals surface area (Å²) < 4.78 is 16.9. The van der Waals surface area contributed by atoms with Crippen LogP contribution in [0, 0.1) is 0 Å². The van der Waals surface area contributed by atoms with Crippen molar-refractivity contribution in [3.63, 3.8) is 0 Å². The summed E-state index contributed by atoms with van der Waals surface area (Å²) in [5.41, 5.74) is 0. The van der Waals surface area contributed by atoms with E-state index in [0.29, 0.717) is 19.3 Å². The predicted octanol–water partition coefficient (Wildman–Crippen LogP) is 18.7. The zero-order chi connectivity index (χ0) is 46.5. The van der Waals surface area contributed by atoms with Crippen LogP contribution in [-0.2, 0) is 28.6 Å². The molecule has 0 rings (SSSR count). The third-order valence-electron chi connectivity index (χ3n) is 12.7. The van der Waals surface area contributed by atoms with Gasteiger partial charge in [-0.1, -0.05) is 263 Å². The van der Waals surface area contributed by atoms with Crippen LogP contribution in [0.2, 0.25) is 0 Å². The molecule has 0 aliphatic carbocycles. The molecule has 376 valence electrons. The highest BCUT2D eigenvalue weighted by atomic mass is 16.6. The van der Waals surface area contributed by atoms with Crippen molar-refractivity contribution in [2.75, 3.05) is 13.2 Å². The fourth-order valence-electron chi connectivity index (χ4n) is 8.42. The van der Waals surface area contributed by atoms with Crippen LogP contribution in [0.3, 0.4) is 0 Å². The summed E-state index contributed by atoms with van der Waals surface area (Å²) in [7, 11) is 0. The Morgan fingerprint density at radius 3 is 0.875 bits per heavy atom. The van der Waals surface area contributed by atoms with E-state index in [2.05, 4.69) is 45.1 Å². The van der Waals surface area contributed by atoms with E-state index < -0.39 is 6.10 Å². The van der Waals surface area contributed by atoms with Gasteiger partial charge in [0.05, 0.1) is 0 Å². The minimum Gasteiger partial charge on any atom is -0.462 e. The summed E-state index contributed by atoms with van der Waals surface area (Å²) in [6.07, 6.45) is 61.6. The number of esters is 3. The van der Waals surface area contributed by atoms with Gasteiger partial charge in [0.25, 0.3) is 0 Å². The van der Waals surface area contributed by atoms with E-state index in [4.69, 9.17) is 14.2 Å². The molecule has 6 heteroatoms. The molecule has 0 N–H and O–H groups in total. The zero-order valence-corrected chi connectivity index (χ0v) is 43.1. The molecule has 1 unspecified atom stereocenters. The molecule has 0 radical (unpaired) electrons. The second kappa shape index (κ2) is 53.5. The van der Waals surface area contributed by atoms with Gasteiger partial charge in [0.2, 0.25) is 0 Å². The SMILES string of the molecule is CCCCCC/C=C\C/C=C\CCCCCCCCCC(=O)OCC(COC(=O)CCCCCCCCCCCCCCC)OC(=O)CCCCCCCCCCCCCCCCC. The maximum Gasteiger partial charge on any atom is 0.306 e. The molecule has 0 spiro atoms. The lowest BCUT2D eigenvalue weighted by Gasteiger charge is -2.18. The molecule has 64 heavy (non-hydrogen) atoms. The first kappa shape index (κ1) is 61.9. The minimum atomic E-state index is -0.769. The van der Waals surface area contributed by atoms with E-state index in [0.717, 1.165) is 70.6 Å². The molecular formula is C58H108O6. The van der Waals surface area contributed by atoms with E-state index >= 15 is 0 Å². The molecule has 0 saturated carbocycles. The Balaban J connectivity index is 4.33. The Labute approximate surface area is 398 Å². The smallest absolute Gasteiger partial charge is 0.306 e. The largest absolute Gasteiger partial charge is 0.462 e.